The first-order valence-corrected chi connectivity index (χ1v) is 10.4. The van der Waals surface area contributed by atoms with Crippen molar-refractivity contribution in [3.63, 3.8) is 0 Å². The van der Waals surface area contributed by atoms with Gasteiger partial charge in [0.25, 0.3) is 0 Å². The molecule has 0 radical (unpaired) electrons. The zero-order valence-corrected chi connectivity index (χ0v) is 16.1. The number of rotatable bonds is 5. The van der Waals surface area contributed by atoms with Crippen LogP contribution in [-0.4, -0.2) is 54.5 Å². The maximum Gasteiger partial charge on any atom is 0.219 e. The van der Waals surface area contributed by atoms with Crippen LogP contribution in [0.15, 0.2) is 30.3 Å². The van der Waals surface area contributed by atoms with E-state index in [-0.39, 0.29) is 5.91 Å². The van der Waals surface area contributed by atoms with Crippen molar-refractivity contribution in [2.75, 3.05) is 32.7 Å². The number of nitrogens with zero attached hydrogens (tertiary/aromatic N) is 2. The molecule has 2 heterocycles. The van der Waals surface area contributed by atoms with Gasteiger partial charge in [0.1, 0.15) is 0 Å². The lowest BCUT2D eigenvalue weighted by Gasteiger charge is -2.44. The van der Waals surface area contributed by atoms with Crippen molar-refractivity contribution in [1.29, 1.82) is 0 Å². The van der Waals surface area contributed by atoms with Crippen LogP contribution in [0.25, 0.3) is 0 Å². The Hall–Kier alpha value is -1.39. The van der Waals surface area contributed by atoms with E-state index in [0.717, 1.165) is 44.9 Å². The average molecular weight is 356 g/mol. The molecule has 1 aromatic carbocycles. The summed E-state index contributed by atoms with van der Waals surface area (Å²) in [6.45, 7) is 8.27. The Balaban J connectivity index is 1.29. The molecule has 1 saturated carbocycles. The van der Waals surface area contributed by atoms with E-state index in [1.54, 1.807) is 6.92 Å². The average Bonchev–Trinajstić information content (AvgIpc) is 3.00. The van der Waals surface area contributed by atoms with Crippen LogP contribution < -0.4 is 5.32 Å². The first-order chi connectivity index (χ1) is 12.6. The predicted octanol–water partition coefficient (Wildman–Crippen LogP) is 2.89. The summed E-state index contributed by atoms with van der Waals surface area (Å²) in [6.07, 6.45) is 6.44. The van der Waals surface area contributed by atoms with E-state index < -0.39 is 0 Å². The Morgan fingerprint density at radius 1 is 1.19 bits per heavy atom. The first-order valence-electron chi connectivity index (χ1n) is 10.4. The monoisotopic (exact) mass is 355 g/mol. The standard InChI is InChI=1S/C22H33N3O/c1-18(26)25-12-8-21(9-13-25)23-14-20-16-24(17-22(20)10-5-11-22)15-19-6-3-2-4-7-19/h2-4,6-7,20-21,23H,5,8-17H2,1H3. The van der Waals surface area contributed by atoms with E-state index in [1.165, 1.54) is 37.9 Å². The quantitative estimate of drug-likeness (QED) is 0.882. The normalized spacial score (nSPS) is 26.2. The van der Waals surface area contributed by atoms with E-state index in [1.807, 2.05) is 4.90 Å². The molecule has 1 amide bonds. The van der Waals surface area contributed by atoms with Gasteiger partial charge in [-0.05, 0) is 42.6 Å². The number of nitrogens with one attached hydrogen (secondary N) is 1. The fourth-order valence-corrected chi connectivity index (χ4v) is 5.29. The van der Waals surface area contributed by atoms with Gasteiger partial charge in [0, 0.05) is 52.2 Å². The van der Waals surface area contributed by atoms with Gasteiger partial charge in [-0.15, -0.1) is 0 Å². The molecule has 2 saturated heterocycles. The van der Waals surface area contributed by atoms with E-state index in [4.69, 9.17) is 0 Å². The maximum atomic E-state index is 11.5. The van der Waals surface area contributed by atoms with Crippen molar-refractivity contribution in [3.05, 3.63) is 35.9 Å². The number of piperidine rings is 1. The second-order valence-corrected chi connectivity index (χ2v) is 8.76. The summed E-state index contributed by atoms with van der Waals surface area (Å²) in [5.74, 6) is 1.01. The van der Waals surface area contributed by atoms with Crippen molar-refractivity contribution in [1.82, 2.24) is 15.1 Å². The topological polar surface area (TPSA) is 35.6 Å². The van der Waals surface area contributed by atoms with Crippen LogP contribution in [0.4, 0.5) is 0 Å². The molecule has 0 bridgehead atoms. The molecule has 1 N–H and O–H groups in total. The lowest BCUT2D eigenvalue weighted by atomic mass is 9.63. The fourth-order valence-electron chi connectivity index (χ4n) is 5.29. The third kappa shape index (κ3) is 3.81. The minimum Gasteiger partial charge on any atom is -0.343 e. The molecule has 1 spiro atoms. The van der Waals surface area contributed by atoms with Gasteiger partial charge in [-0.1, -0.05) is 36.8 Å². The SMILES string of the molecule is CC(=O)N1CCC(NCC2CN(Cc3ccccc3)CC23CCC3)CC1. The van der Waals surface area contributed by atoms with Gasteiger partial charge in [-0.25, -0.2) is 0 Å². The number of carbonyl (C=O) groups is 1. The first kappa shape index (κ1) is 18.0. The smallest absolute Gasteiger partial charge is 0.219 e. The molecule has 26 heavy (non-hydrogen) atoms. The van der Waals surface area contributed by atoms with Crippen molar-refractivity contribution in [2.45, 2.75) is 51.6 Å². The summed E-state index contributed by atoms with van der Waals surface area (Å²) >= 11 is 0. The molecule has 3 fully saturated rings. The van der Waals surface area contributed by atoms with Crippen molar-refractivity contribution in [3.8, 4) is 0 Å². The minimum absolute atomic E-state index is 0.226. The zero-order chi connectivity index (χ0) is 18.0. The number of carbonyl (C=O) groups excluding carboxylic acids is 1. The van der Waals surface area contributed by atoms with Gasteiger partial charge >= 0.3 is 0 Å². The molecule has 4 heteroatoms. The summed E-state index contributed by atoms with van der Waals surface area (Å²) in [5.41, 5.74) is 2.01. The van der Waals surface area contributed by atoms with Gasteiger partial charge in [0.05, 0.1) is 0 Å². The highest BCUT2D eigenvalue weighted by Crippen LogP contribution is 2.51. The van der Waals surface area contributed by atoms with Gasteiger partial charge in [0.15, 0.2) is 0 Å². The van der Waals surface area contributed by atoms with Gasteiger partial charge in [0.2, 0.25) is 5.91 Å². The molecule has 1 aliphatic carbocycles. The summed E-state index contributed by atoms with van der Waals surface area (Å²) in [6, 6.07) is 11.5. The number of likely N-dealkylation sites (tertiary alicyclic amines) is 2. The summed E-state index contributed by atoms with van der Waals surface area (Å²) < 4.78 is 0. The number of amides is 1. The third-order valence-corrected chi connectivity index (χ3v) is 7.07. The Bertz CT molecular complexity index is 605. The van der Waals surface area contributed by atoms with Crippen LogP contribution in [0.3, 0.4) is 0 Å². The predicted molar refractivity (Wildman–Crippen MR) is 105 cm³/mol. The van der Waals surface area contributed by atoms with E-state index >= 15 is 0 Å². The molecule has 1 unspecified atom stereocenters. The highest BCUT2D eigenvalue weighted by atomic mass is 16.2. The molecule has 4 rings (SSSR count). The molecule has 3 aliphatic rings. The van der Waals surface area contributed by atoms with Crippen LogP contribution in [0, 0.1) is 11.3 Å². The Morgan fingerprint density at radius 2 is 1.92 bits per heavy atom. The molecule has 0 aromatic heterocycles. The minimum atomic E-state index is 0.226. The second-order valence-electron chi connectivity index (χ2n) is 8.76. The number of hydrogen-bond donors (Lipinski definition) is 1. The molecule has 1 atom stereocenters. The van der Waals surface area contributed by atoms with E-state index in [2.05, 4.69) is 40.5 Å². The zero-order valence-electron chi connectivity index (χ0n) is 16.1. The fraction of sp³-hybridized carbons (Fsp3) is 0.682. The Morgan fingerprint density at radius 3 is 2.54 bits per heavy atom. The highest BCUT2D eigenvalue weighted by molar-refractivity contribution is 5.73. The van der Waals surface area contributed by atoms with E-state index in [0.29, 0.717) is 11.5 Å². The van der Waals surface area contributed by atoms with Gasteiger partial charge in [-0.2, -0.15) is 0 Å². The highest BCUT2D eigenvalue weighted by Gasteiger charge is 2.49. The van der Waals surface area contributed by atoms with Crippen molar-refractivity contribution < 1.29 is 4.79 Å². The van der Waals surface area contributed by atoms with Crippen LogP contribution >= 0.6 is 0 Å². The largest absolute Gasteiger partial charge is 0.343 e. The number of hydrogen-bond acceptors (Lipinski definition) is 3. The summed E-state index contributed by atoms with van der Waals surface area (Å²) in [4.78, 5) is 16.2. The molecule has 1 aromatic rings. The van der Waals surface area contributed by atoms with Gasteiger partial charge in [-0.3, -0.25) is 9.69 Å². The summed E-state index contributed by atoms with van der Waals surface area (Å²) in [5, 5.41) is 3.87. The van der Waals surface area contributed by atoms with Gasteiger partial charge < -0.3 is 10.2 Å². The molecule has 4 nitrogen and oxygen atoms in total. The lowest BCUT2D eigenvalue weighted by molar-refractivity contribution is -0.129. The van der Waals surface area contributed by atoms with Crippen LogP contribution in [-0.2, 0) is 11.3 Å². The Kier molecular flexibility index (Phi) is 5.32. The van der Waals surface area contributed by atoms with Crippen LogP contribution in [0.2, 0.25) is 0 Å². The Labute approximate surface area is 157 Å². The number of benzene rings is 1. The second kappa shape index (κ2) is 7.69. The molecular formula is C22H33N3O. The van der Waals surface area contributed by atoms with Crippen molar-refractivity contribution >= 4 is 5.91 Å². The summed E-state index contributed by atoms with van der Waals surface area (Å²) in [7, 11) is 0. The third-order valence-electron chi connectivity index (χ3n) is 7.07. The molecular weight excluding hydrogens is 322 g/mol. The van der Waals surface area contributed by atoms with Crippen LogP contribution in [0.1, 0.15) is 44.6 Å². The van der Waals surface area contributed by atoms with E-state index in [9.17, 15) is 4.79 Å². The van der Waals surface area contributed by atoms with Crippen LogP contribution in [0.5, 0.6) is 0 Å². The molecule has 142 valence electrons. The maximum absolute atomic E-state index is 11.5. The lowest BCUT2D eigenvalue weighted by Crippen LogP contribution is -2.48. The van der Waals surface area contributed by atoms with Crippen molar-refractivity contribution in [2.24, 2.45) is 11.3 Å². The molecule has 2 aliphatic heterocycles.